The molecule has 0 saturated heterocycles. The van der Waals surface area contributed by atoms with Gasteiger partial charge in [0.2, 0.25) is 0 Å². The van der Waals surface area contributed by atoms with Gasteiger partial charge in [-0.3, -0.25) is 4.57 Å². The van der Waals surface area contributed by atoms with E-state index in [0.717, 1.165) is 7.05 Å². The minimum absolute atomic E-state index is 0.230. The number of amides is 2. The second-order valence-corrected chi connectivity index (χ2v) is 4.98. The minimum Gasteiger partial charge on any atom is -0.408 e. The third kappa shape index (κ3) is 3.65. The first kappa shape index (κ1) is 16.9. The van der Waals surface area contributed by atoms with Crippen LogP contribution in [-0.2, 0) is 7.05 Å². The van der Waals surface area contributed by atoms with Crippen LogP contribution in [0.4, 0.5) is 23.7 Å². The van der Waals surface area contributed by atoms with E-state index in [-0.39, 0.29) is 11.3 Å². The van der Waals surface area contributed by atoms with Crippen molar-refractivity contribution < 1.29 is 27.5 Å². The van der Waals surface area contributed by atoms with Crippen molar-refractivity contribution in [1.82, 2.24) is 9.47 Å². The molecule has 0 aliphatic heterocycles. The zero-order chi connectivity index (χ0) is 17.4. The minimum atomic E-state index is -4.80. The highest BCUT2D eigenvalue weighted by Gasteiger charge is 2.39. The Morgan fingerprint density at radius 1 is 1.48 bits per heavy atom. The number of benzene rings is 1. The number of likely N-dealkylation sites (N-methyl/N-ethyl adjacent to an activating group) is 1. The van der Waals surface area contributed by atoms with Gasteiger partial charge in [0.25, 0.3) is 0 Å². The molecule has 2 amide bonds. The van der Waals surface area contributed by atoms with Crippen LogP contribution in [0.2, 0.25) is 0 Å². The van der Waals surface area contributed by atoms with Gasteiger partial charge in [-0.15, -0.1) is 0 Å². The number of aryl methyl sites for hydroxylation is 1. The number of anilines is 1. The molecule has 0 spiro atoms. The predicted molar refractivity (Wildman–Crippen MR) is 75.2 cm³/mol. The number of rotatable bonds is 3. The maximum Gasteiger partial charge on any atom is 0.419 e. The molecule has 1 unspecified atom stereocenters. The van der Waals surface area contributed by atoms with Crippen LogP contribution in [0.25, 0.3) is 11.1 Å². The molecule has 0 radical (unpaired) electrons. The lowest BCUT2D eigenvalue weighted by Crippen LogP contribution is -2.43. The normalized spacial score (nSPS) is 13.1. The highest BCUT2D eigenvalue weighted by atomic mass is 19.4. The van der Waals surface area contributed by atoms with E-state index in [2.05, 4.69) is 5.32 Å². The van der Waals surface area contributed by atoms with Crippen molar-refractivity contribution in [2.45, 2.75) is 12.3 Å². The number of hydrogen-bond donors (Lipinski definition) is 2. The van der Waals surface area contributed by atoms with E-state index in [1.165, 1.54) is 29.8 Å². The number of carbonyl (C=O) groups is 1. The summed E-state index contributed by atoms with van der Waals surface area (Å²) in [7, 11) is 2.63. The Balaban J connectivity index is 2.09. The number of nitrogens with zero attached hydrogens (tertiary/aromatic N) is 2. The van der Waals surface area contributed by atoms with E-state index < -0.39 is 30.6 Å². The number of aliphatic hydroxyl groups excluding tert-OH is 1. The number of aromatic nitrogens is 1. The van der Waals surface area contributed by atoms with Crippen molar-refractivity contribution in [2.75, 3.05) is 18.9 Å². The summed E-state index contributed by atoms with van der Waals surface area (Å²) in [4.78, 5) is 23.9. The zero-order valence-electron chi connectivity index (χ0n) is 12.2. The summed E-state index contributed by atoms with van der Waals surface area (Å²) in [6.45, 7) is -0.905. The van der Waals surface area contributed by atoms with Crippen molar-refractivity contribution in [3.05, 3.63) is 28.7 Å². The molecule has 7 nitrogen and oxygen atoms in total. The fourth-order valence-electron chi connectivity index (χ4n) is 1.88. The largest absolute Gasteiger partial charge is 0.419 e. The standard InChI is InChI=1S/C13H14F3N3O4/c1-18(6-10(20)13(14,15)16)11(21)17-7-3-4-8-9(5-7)23-12(22)19(8)2/h3-5,10,20H,6H2,1-2H3,(H,17,21). The van der Waals surface area contributed by atoms with Crippen LogP contribution in [0.5, 0.6) is 0 Å². The molecule has 2 aromatic rings. The first-order valence-corrected chi connectivity index (χ1v) is 6.46. The van der Waals surface area contributed by atoms with Gasteiger partial charge in [0.1, 0.15) is 0 Å². The molecule has 1 heterocycles. The summed E-state index contributed by atoms with van der Waals surface area (Å²) in [6.07, 6.45) is -7.44. The van der Waals surface area contributed by atoms with Gasteiger partial charge in [-0.1, -0.05) is 0 Å². The van der Waals surface area contributed by atoms with Crippen molar-refractivity contribution in [2.24, 2.45) is 7.05 Å². The molecule has 2 N–H and O–H groups in total. The lowest BCUT2D eigenvalue weighted by molar-refractivity contribution is -0.205. The number of nitrogens with one attached hydrogen (secondary N) is 1. The van der Waals surface area contributed by atoms with Crippen molar-refractivity contribution in [3.8, 4) is 0 Å². The third-order valence-electron chi connectivity index (χ3n) is 3.21. The Morgan fingerprint density at radius 3 is 2.74 bits per heavy atom. The first-order valence-electron chi connectivity index (χ1n) is 6.46. The molecule has 1 atom stereocenters. The number of urea groups is 1. The van der Waals surface area contributed by atoms with E-state index >= 15 is 0 Å². The van der Waals surface area contributed by atoms with Crippen LogP contribution in [-0.4, -0.2) is 46.5 Å². The summed E-state index contributed by atoms with van der Waals surface area (Å²) in [6, 6.07) is 3.54. The molecule has 1 aromatic carbocycles. The molecule has 0 aliphatic rings. The van der Waals surface area contributed by atoms with E-state index in [1.807, 2.05) is 0 Å². The highest BCUT2D eigenvalue weighted by molar-refractivity contribution is 5.91. The smallest absolute Gasteiger partial charge is 0.408 e. The Labute approximate surface area is 127 Å². The van der Waals surface area contributed by atoms with Crippen LogP contribution in [0.1, 0.15) is 0 Å². The number of alkyl halides is 3. The van der Waals surface area contributed by atoms with E-state index in [0.29, 0.717) is 10.4 Å². The van der Waals surface area contributed by atoms with E-state index in [9.17, 15) is 22.8 Å². The quantitative estimate of drug-likeness (QED) is 0.891. The predicted octanol–water partition coefficient (Wildman–Crippen LogP) is 1.52. The summed E-state index contributed by atoms with van der Waals surface area (Å²) in [5.74, 6) is -0.575. The molecule has 10 heteroatoms. The monoisotopic (exact) mass is 333 g/mol. The topological polar surface area (TPSA) is 87.7 Å². The first-order chi connectivity index (χ1) is 10.6. The SMILES string of the molecule is CN(CC(O)C(F)(F)F)C(=O)Nc1ccc2c(c1)oc(=O)n2C. The number of hydrogen-bond acceptors (Lipinski definition) is 4. The van der Waals surface area contributed by atoms with Gasteiger partial charge in [0.15, 0.2) is 11.7 Å². The summed E-state index contributed by atoms with van der Waals surface area (Å²) < 4.78 is 43.0. The highest BCUT2D eigenvalue weighted by Crippen LogP contribution is 2.21. The van der Waals surface area contributed by atoms with Gasteiger partial charge in [0, 0.05) is 25.8 Å². The molecule has 2 rings (SSSR count). The molecule has 1 aromatic heterocycles. The van der Waals surface area contributed by atoms with Crippen molar-refractivity contribution in [3.63, 3.8) is 0 Å². The van der Waals surface area contributed by atoms with Gasteiger partial charge in [-0.25, -0.2) is 9.59 Å². The van der Waals surface area contributed by atoms with Gasteiger partial charge < -0.3 is 19.7 Å². The molecular weight excluding hydrogens is 319 g/mol. The maximum absolute atomic E-state index is 12.3. The molecule has 0 bridgehead atoms. The Bertz CT molecular complexity index is 781. The average Bonchev–Trinajstić information content (AvgIpc) is 2.72. The van der Waals surface area contributed by atoms with E-state index in [4.69, 9.17) is 9.52 Å². The Morgan fingerprint density at radius 2 is 2.13 bits per heavy atom. The van der Waals surface area contributed by atoms with E-state index in [1.54, 1.807) is 0 Å². The molecule has 126 valence electrons. The summed E-state index contributed by atoms with van der Waals surface area (Å²) in [5, 5.41) is 11.3. The molecule has 23 heavy (non-hydrogen) atoms. The van der Waals surface area contributed by atoms with Crippen LogP contribution in [0.3, 0.4) is 0 Å². The Kier molecular flexibility index (Phi) is 4.37. The van der Waals surface area contributed by atoms with Crippen LogP contribution >= 0.6 is 0 Å². The summed E-state index contributed by atoms with van der Waals surface area (Å²) in [5.41, 5.74) is 0.979. The molecule has 0 fully saturated rings. The number of fused-ring (bicyclic) bond motifs is 1. The van der Waals surface area contributed by atoms with Crippen LogP contribution in [0.15, 0.2) is 27.4 Å². The average molecular weight is 333 g/mol. The maximum atomic E-state index is 12.3. The molecule has 0 aliphatic carbocycles. The Hall–Kier alpha value is -2.49. The van der Waals surface area contributed by atoms with Crippen molar-refractivity contribution >= 4 is 22.8 Å². The molecule has 0 saturated carbocycles. The fourth-order valence-corrected chi connectivity index (χ4v) is 1.88. The fraction of sp³-hybridized carbons (Fsp3) is 0.385. The second-order valence-electron chi connectivity index (χ2n) is 4.98. The number of oxazole rings is 1. The zero-order valence-corrected chi connectivity index (χ0v) is 12.2. The third-order valence-corrected chi connectivity index (χ3v) is 3.21. The number of halogens is 3. The van der Waals surface area contributed by atoms with Crippen LogP contribution < -0.4 is 11.1 Å². The van der Waals surface area contributed by atoms with Crippen LogP contribution in [0, 0.1) is 0 Å². The number of carbonyl (C=O) groups excluding carboxylic acids is 1. The second kappa shape index (κ2) is 5.95. The lowest BCUT2D eigenvalue weighted by Gasteiger charge is -2.22. The molecular formula is C13H14F3N3O4. The van der Waals surface area contributed by atoms with Gasteiger partial charge >= 0.3 is 18.0 Å². The summed E-state index contributed by atoms with van der Waals surface area (Å²) >= 11 is 0. The lowest BCUT2D eigenvalue weighted by atomic mass is 10.3. The van der Waals surface area contributed by atoms with Gasteiger partial charge in [-0.2, -0.15) is 13.2 Å². The van der Waals surface area contributed by atoms with Gasteiger partial charge in [-0.05, 0) is 12.1 Å². The van der Waals surface area contributed by atoms with Gasteiger partial charge in [0.05, 0.1) is 12.1 Å². The number of aliphatic hydroxyl groups is 1. The van der Waals surface area contributed by atoms with Crippen molar-refractivity contribution in [1.29, 1.82) is 0 Å².